The summed E-state index contributed by atoms with van der Waals surface area (Å²) in [6.07, 6.45) is 2.48. The predicted octanol–water partition coefficient (Wildman–Crippen LogP) is 4.71. The van der Waals surface area contributed by atoms with Crippen molar-refractivity contribution in [2.75, 3.05) is 6.54 Å². The first-order valence-electron chi connectivity index (χ1n) is 9.34. The summed E-state index contributed by atoms with van der Waals surface area (Å²) in [5, 5.41) is 6.96. The molecule has 150 valence electrons. The zero-order chi connectivity index (χ0) is 20.9. The van der Waals surface area contributed by atoms with E-state index in [1.165, 1.54) is 4.88 Å². The van der Waals surface area contributed by atoms with Crippen LogP contribution in [0.15, 0.2) is 70.9 Å². The first kappa shape index (κ1) is 20.1. The van der Waals surface area contributed by atoms with Crippen LogP contribution in [-0.2, 0) is 11.2 Å². The fourth-order valence-electron chi connectivity index (χ4n) is 3.00. The van der Waals surface area contributed by atoms with Gasteiger partial charge in [0.2, 0.25) is 0 Å². The van der Waals surface area contributed by atoms with Crippen LogP contribution in [0.5, 0.6) is 0 Å². The van der Waals surface area contributed by atoms with Crippen molar-refractivity contribution in [3.8, 4) is 11.1 Å². The Labute approximate surface area is 182 Å². The van der Waals surface area contributed by atoms with Gasteiger partial charge in [0.1, 0.15) is 0 Å². The fourth-order valence-corrected chi connectivity index (χ4v) is 4.58. The van der Waals surface area contributed by atoms with Gasteiger partial charge < -0.3 is 5.32 Å². The number of hydrogen-bond acceptors (Lipinski definition) is 5. The number of rotatable bonds is 6. The second-order valence-corrected chi connectivity index (χ2v) is 8.66. The Morgan fingerprint density at radius 2 is 1.77 bits per heavy atom. The molecule has 0 atom stereocenters. The van der Waals surface area contributed by atoms with Crippen molar-refractivity contribution in [2.45, 2.75) is 6.42 Å². The van der Waals surface area contributed by atoms with Gasteiger partial charge in [-0.1, -0.05) is 42.5 Å². The van der Waals surface area contributed by atoms with Gasteiger partial charge in [0.25, 0.3) is 17.1 Å². The van der Waals surface area contributed by atoms with Crippen LogP contribution >= 0.6 is 23.1 Å². The minimum absolute atomic E-state index is 0.0621. The third kappa shape index (κ3) is 4.87. The highest BCUT2D eigenvalue weighted by Crippen LogP contribution is 2.28. The van der Waals surface area contributed by atoms with Gasteiger partial charge in [-0.15, -0.1) is 11.3 Å². The normalized spacial score (nSPS) is 14.7. The maximum Gasteiger partial charge on any atom is 0.290 e. The van der Waals surface area contributed by atoms with Crippen molar-refractivity contribution in [1.29, 1.82) is 0 Å². The van der Waals surface area contributed by atoms with E-state index in [0.29, 0.717) is 17.0 Å². The largest absolute Gasteiger partial charge is 0.352 e. The van der Waals surface area contributed by atoms with E-state index in [1.54, 1.807) is 29.5 Å². The van der Waals surface area contributed by atoms with Gasteiger partial charge in [0, 0.05) is 17.0 Å². The monoisotopic (exact) mass is 434 g/mol. The molecule has 2 aromatic carbocycles. The molecule has 1 aliphatic heterocycles. The van der Waals surface area contributed by atoms with Gasteiger partial charge in [-0.05, 0) is 64.5 Å². The Balaban J connectivity index is 1.34. The molecule has 3 amide bonds. The molecule has 0 radical (unpaired) electrons. The molecular weight excluding hydrogens is 416 g/mol. The zero-order valence-electron chi connectivity index (χ0n) is 15.9. The summed E-state index contributed by atoms with van der Waals surface area (Å²) >= 11 is 2.58. The van der Waals surface area contributed by atoms with Crippen molar-refractivity contribution in [3.63, 3.8) is 0 Å². The molecule has 1 aliphatic rings. The second kappa shape index (κ2) is 9.11. The summed E-state index contributed by atoms with van der Waals surface area (Å²) in [5.41, 5.74) is 3.72. The van der Waals surface area contributed by atoms with E-state index >= 15 is 0 Å². The third-order valence-electron chi connectivity index (χ3n) is 4.53. The first-order valence-corrected chi connectivity index (χ1v) is 11.0. The van der Waals surface area contributed by atoms with E-state index in [2.05, 4.69) is 22.1 Å². The van der Waals surface area contributed by atoms with Crippen molar-refractivity contribution in [1.82, 2.24) is 10.6 Å². The summed E-state index contributed by atoms with van der Waals surface area (Å²) in [4.78, 5) is 36.6. The lowest BCUT2D eigenvalue weighted by molar-refractivity contribution is -0.115. The summed E-state index contributed by atoms with van der Waals surface area (Å²) in [5.74, 6) is -0.413. The molecular formula is C23H18N2O3S2. The molecule has 0 bridgehead atoms. The minimum Gasteiger partial charge on any atom is -0.352 e. The average Bonchev–Trinajstić information content (AvgIpc) is 3.35. The fraction of sp³-hybridized carbons (Fsp3) is 0.0870. The molecule has 0 saturated carbocycles. The molecule has 2 N–H and O–H groups in total. The number of hydrogen-bond donors (Lipinski definition) is 2. The smallest absolute Gasteiger partial charge is 0.290 e. The van der Waals surface area contributed by atoms with Gasteiger partial charge >= 0.3 is 0 Å². The molecule has 1 aromatic heterocycles. The molecule has 0 aliphatic carbocycles. The molecule has 7 heteroatoms. The highest BCUT2D eigenvalue weighted by Gasteiger charge is 2.24. The quantitative estimate of drug-likeness (QED) is 0.551. The maximum atomic E-state index is 12.1. The van der Waals surface area contributed by atoms with Crippen LogP contribution in [0.4, 0.5) is 4.79 Å². The van der Waals surface area contributed by atoms with E-state index < -0.39 is 0 Å². The molecule has 1 fully saturated rings. The van der Waals surface area contributed by atoms with E-state index in [0.717, 1.165) is 34.9 Å². The van der Waals surface area contributed by atoms with Crippen LogP contribution in [0.1, 0.15) is 20.8 Å². The molecule has 0 spiro atoms. The Bertz CT molecular complexity index is 1120. The number of imide groups is 1. The first-order chi connectivity index (χ1) is 14.6. The van der Waals surface area contributed by atoms with Gasteiger partial charge in [-0.2, -0.15) is 0 Å². The molecule has 5 nitrogen and oxygen atoms in total. The van der Waals surface area contributed by atoms with Crippen molar-refractivity contribution in [3.05, 3.63) is 87.0 Å². The Morgan fingerprint density at radius 1 is 1.00 bits per heavy atom. The van der Waals surface area contributed by atoms with E-state index in [-0.39, 0.29) is 17.1 Å². The van der Waals surface area contributed by atoms with Crippen LogP contribution in [0.25, 0.3) is 17.2 Å². The number of benzene rings is 2. The van der Waals surface area contributed by atoms with E-state index in [4.69, 9.17) is 0 Å². The second-order valence-electron chi connectivity index (χ2n) is 6.65. The molecule has 1 saturated heterocycles. The third-order valence-corrected chi connectivity index (χ3v) is 6.34. The van der Waals surface area contributed by atoms with Gasteiger partial charge in [-0.25, -0.2) is 0 Å². The number of amides is 3. The number of thiophene rings is 1. The lowest BCUT2D eigenvalue weighted by Gasteiger charge is -2.04. The molecule has 30 heavy (non-hydrogen) atoms. The Hall–Kier alpha value is -3.16. The van der Waals surface area contributed by atoms with E-state index in [1.807, 2.05) is 42.5 Å². The summed E-state index contributed by atoms with van der Waals surface area (Å²) in [6.45, 7) is 0.582. The number of carbonyl (C=O) groups excluding carboxylic acids is 3. The van der Waals surface area contributed by atoms with Crippen LogP contribution in [0, 0.1) is 0 Å². The highest BCUT2D eigenvalue weighted by molar-refractivity contribution is 8.18. The standard InChI is InChI=1S/C23H18N2O3S2/c26-21(17-4-2-1-3-5-17)24-11-10-19-13-18(14-29-19)16-8-6-15(7-9-16)12-20-22(27)25-23(28)30-20/h1-9,12-14H,10-11H2,(H,24,26)(H,25,27,28). The Kier molecular flexibility index (Phi) is 6.11. The summed E-state index contributed by atoms with van der Waals surface area (Å²) < 4.78 is 0. The minimum atomic E-state index is -0.351. The lowest BCUT2D eigenvalue weighted by Crippen LogP contribution is -2.25. The van der Waals surface area contributed by atoms with Crippen LogP contribution in [0.2, 0.25) is 0 Å². The topological polar surface area (TPSA) is 75.3 Å². The van der Waals surface area contributed by atoms with Crippen molar-refractivity contribution < 1.29 is 14.4 Å². The van der Waals surface area contributed by atoms with Crippen LogP contribution in [0.3, 0.4) is 0 Å². The highest BCUT2D eigenvalue weighted by atomic mass is 32.2. The molecule has 3 aromatic rings. The maximum absolute atomic E-state index is 12.1. The number of nitrogens with one attached hydrogen (secondary N) is 2. The predicted molar refractivity (Wildman–Crippen MR) is 121 cm³/mol. The van der Waals surface area contributed by atoms with Gasteiger partial charge in [0.15, 0.2) is 0 Å². The molecule has 4 rings (SSSR count). The summed E-state index contributed by atoms with van der Waals surface area (Å²) in [7, 11) is 0. The van der Waals surface area contributed by atoms with Gasteiger partial charge in [0.05, 0.1) is 4.91 Å². The lowest BCUT2D eigenvalue weighted by atomic mass is 10.1. The summed E-state index contributed by atoms with van der Waals surface area (Å²) in [6, 6.07) is 19.2. The van der Waals surface area contributed by atoms with Crippen LogP contribution in [-0.4, -0.2) is 23.6 Å². The average molecular weight is 435 g/mol. The zero-order valence-corrected chi connectivity index (χ0v) is 17.5. The van der Waals surface area contributed by atoms with Crippen LogP contribution < -0.4 is 10.6 Å². The molecule has 0 unspecified atom stereocenters. The van der Waals surface area contributed by atoms with E-state index in [9.17, 15) is 14.4 Å². The Morgan fingerprint density at radius 3 is 2.47 bits per heavy atom. The van der Waals surface area contributed by atoms with Crippen molar-refractivity contribution >= 4 is 46.2 Å². The SMILES string of the molecule is O=C1NC(=O)C(=Cc2ccc(-c3csc(CCNC(=O)c4ccccc4)c3)cc2)S1. The van der Waals surface area contributed by atoms with Crippen molar-refractivity contribution in [2.24, 2.45) is 0 Å². The molecule has 2 heterocycles. The number of carbonyl (C=O) groups is 3. The van der Waals surface area contributed by atoms with Gasteiger partial charge in [-0.3, -0.25) is 19.7 Å². The number of thioether (sulfide) groups is 1.